The van der Waals surface area contributed by atoms with Gasteiger partial charge >= 0.3 is 0 Å². The normalized spacial score (nSPS) is 15.5. The number of nitrogens with zero attached hydrogens (tertiary/aromatic N) is 1. The van der Waals surface area contributed by atoms with Gasteiger partial charge in [-0.3, -0.25) is 10.1 Å². The molecule has 6 heteroatoms. The van der Waals surface area contributed by atoms with Gasteiger partial charge in [0.25, 0.3) is 5.69 Å². The average Bonchev–Trinajstić information content (AvgIpc) is 2.42. The molecule has 0 aliphatic rings. The van der Waals surface area contributed by atoms with Crippen molar-refractivity contribution in [1.29, 1.82) is 0 Å². The summed E-state index contributed by atoms with van der Waals surface area (Å²) < 4.78 is 0. The lowest BCUT2D eigenvalue weighted by Crippen LogP contribution is -2.44. The van der Waals surface area contributed by atoms with Gasteiger partial charge in [0.15, 0.2) is 0 Å². The molecule has 0 saturated heterocycles. The van der Waals surface area contributed by atoms with Crippen LogP contribution in [0.1, 0.15) is 32.3 Å². The van der Waals surface area contributed by atoms with E-state index in [0.29, 0.717) is 25.1 Å². The summed E-state index contributed by atoms with van der Waals surface area (Å²) in [7, 11) is 0. The first-order valence-electron chi connectivity index (χ1n) is 7.38. The highest BCUT2D eigenvalue weighted by molar-refractivity contribution is 5.62. The van der Waals surface area contributed by atoms with Crippen molar-refractivity contribution >= 4 is 11.4 Å². The average molecular weight is 307 g/mol. The minimum absolute atomic E-state index is 0.0656. The molecule has 2 atom stereocenters. The van der Waals surface area contributed by atoms with Gasteiger partial charge in [0.05, 0.1) is 10.5 Å². The van der Waals surface area contributed by atoms with E-state index in [2.05, 4.69) is 5.32 Å². The molecule has 6 nitrogen and oxygen atoms in total. The fourth-order valence-corrected chi connectivity index (χ4v) is 2.25. The van der Waals surface area contributed by atoms with Gasteiger partial charge in [-0.15, -0.1) is 0 Å². The Morgan fingerprint density at radius 2 is 2.23 bits per heavy atom. The largest absolute Gasteiger partial charge is 0.384 e. The highest BCUT2D eigenvalue weighted by atomic mass is 16.6. The summed E-state index contributed by atoms with van der Waals surface area (Å²) in [6.07, 6.45) is 4.77. The Hall–Kier alpha value is -1.92. The monoisotopic (exact) mass is 307 g/mol. The standard InChI is InChI=1S/C16H25N3O3/c1-4-9-16(3,20)15(17)6-5-10-18-13-11-12(2)7-8-14(13)19(21)22/h4,7-9,11,15,18,20H,5-6,10,17H2,1-3H3. The van der Waals surface area contributed by atoms with Crippen LogP contribution in [0.15, 0.2) is 30.4 Å². The number of anilines is 1. The minimum Gasteiger partial charge on any atom is -0.384 e. The number of nitrogens with two attached hydrogens (primary N) is 1. The maximum Gasteiger partial charge on any atom is 0.292 e. The molecule has 0 spiro atoms. The van der Waals surface area contributed by atoms with Crippen LogP contribution in [0.4, 0.5) is 11.4 Å². The quantitative estimate of drug-likeness (QED) is 0.297. The molecule has 0 aromatic heterocycles. The predicted molar refractivity (Wildman–Crippen MR) is 89.0 cm³/mol. The predicted octanol–water partition coefficient (Wildman–Crippen LogP) is 2.75. The van der Waals surface area contributed by atoms with Crippen LogP contribution >= 0.6 is 0 Å². The van der Waals surface area contributed by atoms with Crippen LogP contribution in [0, 0.1) is 17.0 Å². The van der Waals surface area contributed by atoms with E-state index in [1.54, 1.807) is 31.2 Å². The van der Waals surface area contributed by atoms with Crippen molar-refractivity contribution in [3.63, 3.8) is 0 Å². The number of aryl methyl sites for hydroxylation is 1. The summed E-state index contributed by atoms with van der Waals surface area (Å²) in [6, 6.07) is 4.60. The zero-order valence-corrected chi connectivity index (χ0v) is 13.4. The van der Waals surface area contributed by atoms with Gasteiger partial charge in [0, 0.05) is 18.7 Å². The molecular formula is C16H25N3O3. The van der Waals surface area contributed by atoms with Crippen LogP contribution in [-0.2, 0) is 0 Å². The molecule has 0 amide bonds. The molecule has 0 heterocycles. The molecule has 0 saturated carbocycles. The van der Waals surface area contributed by atoms with Crippen LogP contribution in [0.5, 0.6) is 0 Å². The van der Waals surface area contributed by atoms with E-state index in [-0.39, 0.29) is 11.7 Å². The summed E-state index contributed by atoms with van der Waals surface area (Å²) in [5, 5.41) is 24.2. The summed E-state index contributed by atoms with van der Waals surface area (Å²) in [5.74, 6) is 0. The Bertz CT molecular complexity index is 541. The SMILES string of the molecule is CC=CC(C)(O)C(N)CCCNc1cc(C)ccc1[N+](=O)[O-]. The zero-order valence-electron chi connectivity index (χ0n) is 13.4. The first kappa shape index (κ1) is 18.1. The molecule has 122 valence electrons. The third kappa shape index (κ3) is 5.13. The number of aliphatic hydroxyl groups is 1. The molecule has 0 fully saturated rings. The number of allylic oxidation sites excluding steroid dienone is 1. The van der Waals surface area contributed by atoms with E-state index in [1.165, 1.54) is 6.07 Å². The van der Waals surface area contributed by atoms with E-state index in [1.807, 2.05) is 13.8 Å². The van der Waals surface area contributed by atoms with Crippen molar-refractivity contribution in [3.05, 3.63) is 46.0 Å². The smallest absolute Gasteiger partial charge is 0.292 e. The molecule has 1 rings (SSSR count). The van der Waals surface area contributed by atoms with Crippen LogP contribution in [0.3, 0.4) is 0 Å². The molecule has 1 aromatic rings. The number of nitro groups is 1. The van der Waals surface area contributed by atoms with E-state index in [4.69, 9.17) is 5.73 Å². The maximum absolute atomic E-state index is 11.0. The molecular weight excluding hydrogens is 282 g/mol. The van der Waals surface area contributed by atoms with Crippen molar-refractivity contribution in [3.8, 4) is 0 Å². The Morgan fingerprint density at radius 3 is 2.82 bits per heavy atom. The Balaban J connectivity index is 2.55. The summed E-state index contributed by atoms with van der Waals surface area (Å²) in [4.78, 5) is 10.6. The van der Waals surface area contributed by atoms with Crippen molar-refractivity contribution in [2.45, 2.75) is 45.3 Å². The van der Waals surface area contributed by atoms with Gasteiger partial charge in [-0.25, -0.2) is 0 Å². The number of hydrogen-bond donors (Lipinski definition) is 3. The van der Waals surface area contributed by atoms with E-state index in [0.717, 1.165) is 5.56 Å². The molecule has 1 aromatic carbocycles. The first-order valence-corrected chi connectivity index (χ1v) is 7.38. The van der Waals surface area contributed by atoms with Crippen LogP contribution in [0.2, 0.25) is 0 Å². The Kier molecular flexibility index (Phi) is 6.52. The summed E-state index contributed by atoms with van der Waals surface area (Å²) in [6.45, 7) is 5.96. The maximum atomic E-state index is 11.0. The lowest BCUT2D eigenvalue weighted by Gasteiger charge is -2.27. The van der Waals surface area contributed by atoms with Gasteiger partial charge in [0.1, 0.15) is 5.69 Å². The minimum atomic E-state index is -1.04. The van der Waals surface area contributed by atoms with Gasteiger partial charge in [-0.1, -0.05) is 18.2 Å². The fourth-order valence-electron chi connectivity index (χ4n) is 2.25. The molecule has 22 heavy (non-hydrogen) atoms. The number of hydrogen-bond acceptors (Lipinski definition) is 5. The highest BCUT2D eigenvalue weighted by Crippen LogP contribution is 2.25. The van der Waals surface area contributed by atoms with Crippen molar-refractivity contribution in [2.24, 2.45) is 5.73 Å². The molecule has 0 radical (unpaired) electrons. The van der Waals surface area contributed by atoms with Crippen molar-refractivity contribution in [2.75, 3.05) is 11.9 Å². The first-order chi connectivity index (χ1) is 10.3. The summed E-state index contributed by atoms with van der Waals surface area (Å²) >= 11 is 0. The third-order valence-corrected chi connectivity index (χ3v) is 3.61. The third-order valence-electron chi connectivity index (χ3n) is 3.61. The van der Waals surface area contributed by atoms with Gasteiger partial charge in [0.2, 0.25) is 0 Å². The lowest BCUT2D eigenvalue weighted by molar-refractivity contribution is -0.384. The van der Waals surface area contributed by atoms with Crippen molar-refractivity contribution < 1.29 is 10.0 Å². The lowest BCUT2D eigenvalue weighted by atomic mass is 9.93. The molecule has 4 N–H and O–H groups in total. The second kappa shape index (κ2) is 7.91. The van der Waals surface area contributed by atoms with Crippen LogP contribution in [0.25, 0.3) is 0 Å². The fraction of sp³-hybridized carbons (Fsp3) is 0.500. The number of nitrogens with one attached hydrogen (secondary N) is 1. The van der Waals surface area contributed by atoms with E-state index < -0.39 is 10.5 Å². The van der Waals surface area contributed by atoms with Gasteiger partial charge in [-0.05, 0) is 45.2 Å². The number of rotatable bonds is 8. The van der Waals surface area contributed by atoms with E-state index in [9.17, 15) is 15.2 Å². The topological polar surface area (TPSA) is 101 Å². The van der Waals surface area contributed by atoms with Gasteiger partial charge in [-0.2, -0.15) is 0 Å². The Morgan fingerprint density at radius 1 is 1.55 bits per heavy atom. The summed E-state index contributed by atoms with van der Waals surface area (Å²) in [5.41, 5.74) is 6.48. The second-order valence-electron chi connectivity index (χ2n) is 5.68. The molecule has 2 unspecified atom stereocenters. The molecule has 0 aliphatic carbocycles. The zero-order chi connectivity index (χ0) is 16.8. The highest BCUT2D eigenvalue weighted by Gasteiger charge is 2.24. The number of nitro benzene ring substituents is 1. The van der Waals surface area contributed by atoms with Crippen LogP contribution in [-0.4, -0.2) is 28.2 Å². The number of benzene rings is 1. The Labute approximate surface area is 131 Å². The second-order valence-corrected chi connectivity index (χ2v) is 5.68. The van der Waals surface area contributed by atoms with Crippen molar-refractivity contribution in [1.82, 2.24) is 0 Å². The molecule has 0 bridgehead atoms. The molecule has 0 aliphatic heterocycles. The van der Waals surface area contributed by atoms with Crippen LogP contribution < -0.4 is 11.1 Å². The van der Waals surface area contributed by atoms with E-state index >= 15 is 0 Å². The van der Waals surface area contributed by atoms with Gasteiger partial charge < -0.3 is 16.2 Å².